The molecule has 5 heteroatoms. The highest BCUT2D eigenvalue weighted by molar-refractivity contribution is 7.89. The van der Waals surface area contributed by atoms with Crippen LogP contribution in [-0.4, -0.2) is 30.3 Å². The van der Waals surface area contributed by atoms with E-state index >= 15 is 0 Å². The van der Waals surface area contributed by atoms with Gasteiger partial charge in [-0.2, -0.15) is 4.31 Å². The fraction of sp³-hybridized carbons (Fsp3) is 0.545. The normalized spacial score (nSPS) is 22.1. The predicted molar refractivity (Wildman–Crippen MR) is 61.4 cm³/mol. The Labute approximate surface area is 96.4 Å². The van der Waals surface area contributed by atoms with Crippen LogP contribution >= 0.6 is 0 Å². The van der Waals surface area contributed by atoms with Gasteiger partial charge in [0.05, 0.1) is 0 Å². The standard InChI is InChI=1S/C11H16N2O2S/c1-9(2)11-5-7-13(11)16(14,15)10-4-3-6-12-8-10/h3-4,6,8-9,11H,5,7H2,1-2H3/t11-/m1/s1. The SMILES string of the molecule is CC(C)[C@H]1CCN1S(=O)(=O)c1cccnc1. The largest absolute Gasteiger partial charge is 0.263 e. The van der Waals surface area contributed by atoms with Gasteiger partial charge in [-0.3, -0.25) is 4.98 Å². The Balaban J connectivity index is 2.28. The molecule has 0 aromatic carbocycles. The molecule has 1 aliphatic rings. The van der Waals surface area contributed by atoms with Gasteiger partial charge in [0.25, 0.3) is 0 Å². The van der Waals surface area contributed by atoms with E-state index in [-0.39, 0.29) is 6.04 Å². The Morgan fingerprint density at radius 3 is 2.69 bits per heavy atom. The van der Waals surface area contributed by atoms with Gasteiger partial charge in [-0.05, 0) is 24.5 Å². The van der Waals surface area contributed by atoms with E-state index in [0.29, 0.717) is 17.4 Å². The molecule has 0 aliphatic carbocycles. The van der Waals surface area contributed by atoms with Crippen molar-refractivity contribution in [1.82, 2.24) is 9.29 Å². The summed E-state index contributed by atoms with van der Waals surface area (Å²) in [5, 5.41) is 0. The Morgan fingerprint density at radius 1 is 1.50 bits per heavy atom. The molecule has 16 heavy (non-hydrogen) atoms. The van der Waals surface area contributed by atoms with Crippen molar-refractivity contribution in [3.05, 3.63) is 24.5 Å². The minimum atomic E-state index is -3.33. The zero-order valence-corrected chi connectivity index (χ0v) is 10.3. The number of nitrogens with zero attached hydrogens (tertiary/aromatic N) is 2. The van der Waals surface area contributed by atoms with E-state index < -0.39 is 10.0 Å². The molecule has 2 heterocycles. The zero-order chi connectivity index (χ0) is 11.8. The van der Waals surface area contributed by atoms with Crippen molar-refractivity contribution in [2.24, 2.45) is 5.92 Å². The molecule has 1 aromatic heterocycles. The molecule has 0 amide bonds. The first kappa shape index (κ1) is 11.5. The highest BCUT2D eigenvalue weighted by atomic mass is 32.2. The summed E-state index contributed by atoms with van der Waals surface area (Å²) in [5.41, 5.74) is 0. The summed E-state index contributed by atoms with van der Waals surface area (Å²) in [7, 11) is -3.33. The van der Waals surface area contributed by atoms with Crippen molar-refractivity contribution in [2.75, 3.05) is 6.54 Å². The second kappa shape index (κ2) is 4.14. The Hall–Kier alpha value is -0.940. The third kappa shape index (κ3) is 1.85. The van der Waals surface area contributed by atoms with Crippen LogP contribution in [-0.2, 0) is 10.0 Å². The summed E-state index contributed by atoms with van der Waals surface area (Å²) >= 11 is 0. The van der Waals surface area contributed by atoms with Gasteiger partial charge in [-0.1, -0.05) is 13.8 Å². The Bertz CT molecular complexity index is 456. The molecular formula is C11H16N2O2S. The molecule has 1 aromatic rings. The molecule has 1 atom stereocenters. The van der Waals surface area contributed by atoms with Crippen molar-refractivity contribution in [2.45, 2.75) is 31.2 Å². The minimum absolute atomic E-state index is 0.144. The van der Waals surface area contributed by atoms with Crippen LogP contribution < -0.4 is 0 Å². The molecule has 0 unspecified atom stereocenters. The van der Waals surface area contributed by atoms with Crippen molar-refractivity contribution < 1.29 is 8.42 Å². The van der Waals surface area contributed by atoms with Crippen LogP contribution in [0.15, 0.2) is 29.4 Å². The van der Waals surface area contributed by atoms with Gasteiger partial charge in [0.15, 0.2) is 0 Å². The van der Waals surface area contributed by atoms with Crippen molar-refractivity contribution in [3.8, 4) is 0 Å². The number of sulfonamides is 1. The van der Waals surface area contributed by atoms with E-state index in [4.69, 9.17) is 0 Å². The van der Waals surface area contributed by atoms with E-state index in [1.165, 1.54) is 6.20 Å². The lowest BCUT2D eigenvalue weighted by molar-refractivity contribution is 0.150. The third-order valence-electron chi connectivity index (χ3n) is 3.03. The van der Waals surface area contributed by atoms with Gasteiger partial charge in [-0.25, -0.2) is 8.42 Å². The second-order valence-corrected chi connectivity index (χ2v) is 6.30. The molecule has 0 N–H and O–H groups in total. The first-order chi connectivity index (χ1) is 7.53. The molecule has 4 nitrogen and oxygen atoms in total. The van der Waals surface area contributed by atoms with Crippen LogP contribution in [0.2, 0.25) is 0 Å². The van der Waals surface area contributed by atoms with Crippen LogP contribution in [0.3, 0.4) is 0 Å². The molecule has 1 aliphatic heterocycles. The first-order valence-corrected chi connectivity index (χ1v) is 6.89. The molecule has 1 fully saturated rings. The summed E-state index contributed by atoms with van der Waals surface area (Å²) in [6.45, 7) is 4.73. The third-order valence-corrected chi connectivity index (χ3v) is 4.93. The number of rotatable bonds is 3. The fourth-order valence-corrected chi connectivity index (χ4v) is 3.75. The van der Waals surface area contributed by atoms with Gasteiger partial charge in [-0.15, -0.1) is 0 Å². The van der Waals surface area contributed by atoms with E-state index in [1.807, 2.05) is 0 Å². The van der Waals surface area contributed by atoms with Gasteiger partial charge < -0.3 is 0 Å². The molecular weight excluding hydrogens is 224 g/mol. The predicted octanol–water partition coefficient (Wildman–Crippen LogP) is 1.50. The van der Waals surface area contributed by atoms with Crippen LogP contribution in [0.4, 0.5) is 0 Å². The van der Waals surface area contributed by atoms with E-state index in [2.05, 4.69) is 18.8 Å². The summed E-state index contributed by atoms with van der Waals surface area (Å²) < 4.78 is 26.0. The van der Waals surface area contributed by atoms with E-state index in [0.717, 1.165) is 6.42 Å². The van der Waals surface area contributed by atoms with Gasteiger partial charge in [0.2, 0.25) is 10.0 Å². The molecule has 88 valence electrons. The summed E-state index contributed by atoms with van der Waals surface area (Å²) in [6, 6.07) is 3.39. The molecule has 1 saturated heterocycles. The molecule has 0 saturated carbocycles. The number of hydrogen-bond donors (Lipinski definition) is 0. The summed E-state index contributed by atoms with van der Waals surface area (Å²) in [5.74, 6) is 0.361. The maximum atomic E-state index is 12.2. The van der Waals surface area contributed by atoms with Crippen molar-refractivity contribution >= 4 is 10.0 Å². The van der Waals surface area contributed by atoms with Crippen LogP contribution in [0.5, 0.6) is 0 Å². The molecule has 0 spiro atoms. The van der Waals surface area contributed by atoms with Gasteiger partial charge in [0.1, 0.15) is 4.90 Å². The summed E-state index contributed by atoms with van der Waals surface area (Å²) in [6.07, 6.45) is 3.94. The lowest BCUT2D eigenvalue weighted by Gasteiger charge is -2.42. The van der Waals surface area contributed by atoms with Gasteiger partial charge >= 0.3 is 0 Å². The highest BCUT2D eigenvalue weighted by Gasteiger charge is 2.39. The Kier molecular flexibility index (Phi) is 2.99. The number of hydrogen-bond acceptors (Lipinski definition) is 3. The lowest BCUT2D eigenvalue weighted by Crippen LogP contribution is -2.53. The van der Waals surface area contributed by atoms with E-state index in [9.17, 15) is 8.42 Å². The fourth-order valence-electron chi connectivity index (χ4n) is 1.98. The topological polar surface area (TPSA) is 50.3 Å². The first-order valence-electron chi connectivity index (χ1n) is 5.45. The maximum Gasteiger partial charge on any atom is 0.244 e. The monoisotopic (exact) mass is 240 g/mol. The molecule has 0 bridgehead atoms. The van der Waals surface area contributed by atoms with Crippen molar-refractivity contribution in [1.29, 1.82) is 0 Å². The van der Waals surface area contributed by atoms with E-state index in [1.54, 1.807) is 22.6 Å². The molecule has 2 rings (SSSR count). The number of pyridine rings is 1. The lowest BCUT2D eigenvalue weighted by atomic mass is 9.95. The second-order valence-electron chi connectivity index (χ2n) is 4.40. The van der Waals surface area contributed by atoms with Gasteiger partial charge in [0, 0.05) is 25.0 Å². The zero-order valence-electron chi connectivity index (χ0n) is 9.50. The Morgan fingerprint density at radius 2 is 2.25 bits per heavy atom. The highest BCUT2D eigenvalue weighted by Crippen LogP contribution is 2.30. The average molecular weight is 240 g/mol. The van der Waals surface area contributed by atoms with Crippen LogP contribution in [0.25, 0.3) is 0 Å². The summed E-state index contributed by atoms with van der Waals surface area (Å²) in [4.78, 5) is 4.15. The minimum Gasteiger partial charge on any atom is -0.263 e. The maximum absolute atomic E-state index is 12.2. The smallest absolute Gasteiger partial charge is 0.244 e. The van der Waals surface area contributed by atoms with Crippen LogP contribution in [0, 0.1) is 5.92 Å². The van der Waals surface area contributed by atoms with Crippen LogP contribution in [0.1, 0.15) is 20.3 Å². The number of aromatic nitrogens is 1. The van der Waals surface area contributed by atoms with Crippen molar-refractivity contribution in [3.63, 3.8) is 0 Å². The quantitative estimate of drug-likeness (QED) is 0.804. The molecule has 0 radical (unpaired) electrons. The average Bonchev–Trinajstić information content (AvgIpc) is 2.15.